The van der Waals surface area contributed by atoms with Gasteiger partial charge >= 0.3 is 6.09 Å². The van der Waals surface area contributed by atoms with Gasteiger partial charge in [-0.25, -0.2) is 4.79 Å². The zero-order chi connectivity index (χ0) is 18.5. The largest absolute Gasteiger partial charge is 0.465 e. The van der Waals surface area contributed by atoms with Crippen molar-refractivity contribution in [3.63, 3.8) is 0 Å². The van der Waals surface area contributed by atoms with Crippen LogP contribution in [0.1, 0.15) is 27.2 Å². The Hall–Kier alpha value is -1.53. The van der Waals surface area contributed by atoms with E-state index in [-0.39, 0.29) is 16.0 Å². The molecular formula is C19H30N2O3Si. The van der Waals surface area contributed by atoms with Crippen LogP contribution in [0.3, 0.4) is 0 Å². The molecule has 1 aliphatic heterocycles. The minimum Gasteiger partial charge on any atom is -0.465 e. The van der Waals surface area contributed by atoms with E-state index in [9.17, 15) is 9.90 Å². The van der Waals surface area contributed by atoms with Crippen LogP contribution in [0, 0.1) is 5.41 Å². The number of para-hydroxylation sites is 1. The highest BCUT2D eigenvalue weighted by atomic mass is 28.4. The fourth-order valence-corrected chi connectivity index (χ4v) is 4.79. The molecule has 1 aromatic rings. The highest BCUT2D eigenvalue weighted by Gasteiger charge is 2.73. The van der Waals surface area contributed by atoms with E-state index in [1.54, 1.807) is 0 Å². The summed E-state index contributed by atoms with van der Waals surface area (Å²) in [7, 11) is -1.86. The predicted molar refractivity (Wildman–Crippen MR) is 103 cm³/mol. The highest BCUT2D eigenvalue weighted by molar-refractivity contribution is 6.74. The number of hydrogen-bond donors (Lipinski definition) is 2. The number of anilines is 1. The first-order chi connectivity index (χ1) is 11.5. The molecule has 6 heteroatoms. The average molecular weight is 363 g/mol. The smallest absolute Gasteiger partial charge is 0.405 e. The van der Waals surface area contributed by atoms with E-state index >= 15 is 0 Å². The van der Waals surface area contributed by atoms with E-state index in [0.717, 1.165) is 18.7 Å². The van der Waals surface area contributed by atoms with Crippen molar-refractivity contribution in [3.05, 3.63) is 30.3 Å². The summed E-state index contributed by atoms with van der Waals surface area (Å²) in [5.41, 5.74) is 0.654. The van der Waals surface area contributed by atoms with Crippen LogP contribution < -0.4 is 10.2 Å². The molecule has 0 spiro atoms. The molecule has 1 amide bonds. The fraction of sp³-hybridized carbons (Fsp3) is 0.632. The number of carbonyl (C=O) groups is 1. The SMILES string of the molecule is CC(C)(C)[Si](C)(C)OCC12CN(c3ccccc3)CC1(NC(=O)O)C2. The number of fused-ring (bicyclic) bond motifs is 1. The minimum atomic E-state index is -1.86. The topological polar surface area (TPSA) is 61.8 Å². The fourth-order valence-electron chi connectivity index (χ4n) is 3.72. The molecule has 5 nitrogen and oxygen atoms in total. The third kappa shape index (κ3) is 3.17. The molecule has 3 rings (SSSR count). The van der Waals surface area contributed by atoms with Crippen molar-refractivity contribution in [3.8, 4) is 0 Å². The Morgan fingerprint density at radius 2 is 1.92 bits per heavy atom. The third-order valence-corrected chi connectivity index (χ3v) is 10.9. The maximum atomic E-state index is 11.4. The van der Waals surface area contributed by atoms with E-state index in [4.69, 9.17) is 4.43 Å². The van der Waals surface area contributed by atoms with Crippen LogP contribution in [0.2, 0.25) is 18.1 Å². The third-order valence-electron chi connectivity index (χ3n) is 6.47. The van der Waals surface area contributed by atoms with Gasteiger partial charge in [0, 0.05) is 30.8 Å². The van der Waals surface area contributed by atoms with Crippen LogP contribution in [0.5, 0.6) is 0 Å². The van der Waals surface area contributed by atoms with Crippen molar-refractivity contribution in [2.75, 3.05) is 24.6 Å². The Morgan fingerprint density at radius 3 is 2.48 bits per heavy atom. The molecule has 0 aromatic heterocycles. The molecule has 1 heterocycles. The predicted octanol–water partition coefficient (Wildman–Crippen LogP) is 3.92. The molecule has 2 fully saturated rings. The van der Waals surface area contributed by atoms with Gasteiger partial charge in [0.05, 0.1) is 5.54 Å². The van der Waals surface area contributed by atoms with E-state index in [1.165, 1.54) is 0 Å². The van der Waals surface area contributed by atoms with Gasteiger partial charge in [0.15, 0.2) is 8.32 Å². The van der Waals surface area contributed by atoms with Crippen LogP contribution in [0.4, 0.5) is 10.5 Å². The van der Waals surface area contributed by atoms with E-state index < -0.39 is 14.4 Å². The lowest BCUT2D eigenvalue weighted by molar-refractivity contribution is 0.177. The first-order valence-electron chi connectivity index (χ1n) is 8.96. The summed E-state index contributed by atoms with van der Waals surface area (Å²) in [5.74, 6) is 0. The minimum absolute atomic E-state index is 0.114. The summed E-state index contributed by atoms with van der Waals surface area (Å²) in [6.07, 6.45) is -0.0753. The van der Waals surface area contributed by atoms with Gasteiger partial charge in [-0.1, -0.05) is 39.0 Å². The molecule has 2 aliphatic rings. The number of nitrogens with zero attached hydrogens (tertiary/aromatic N) is 1. The zero-order valence-corrected chi connectivity index (χ0v) is 16.9. The summed E-state index contributed by atoms with van der Waals surface area (Å²) in [5, 5.41) is 12.3. The first-order valence-corrected chi connectivity index (χ1v) is 11.9. The van der Waals surface area contributed by atoms with E-state index in [2.05, 4.69) is 56.2 Å². The van der Waals surface area contributed by atoms with Gasteiger partial charge in [-0.3, -0.25) is 0 Å². The normalized spacial score (nSPS) is 28.6. The van der Waals surface area contributed by atoms with Gasteiger partial charge in [-0.05, 0) is 36.7 Å². The number of nitrogens with one attached hydrogen (secondary N) is 1. The standard InChI is InChI=1S/C19H30N2O3Si/c1-17(2,3)25(4,5)24-14-18-11-19(18,20-16(22)23)13-21(12-18)15-9-7-6-8-10-15/h6-10,20H,11-14H2,1-5H3,(H,22,23). The highest BCUT2D eigenvalue weighted by Crippen LogP contribution is 2.62. The molecule has 0 bridgehead atoms. The van der Waals surface area contributed by atoms with E-state index in [0.29, 0.717) is 13.2 Å². The molecule has 25 heavy (non-hydrogen) atoms. The van der Waals surface area contributed by atoms with Gasteiger partial charge in [0.2, 0.25) is 0 Å². The average Bonchev–Trinajstić information content (AvgIpc) is 2.99. The van der Waals surface area contributed by atoms with Crippen molar-refractivity contribution in [1.82, 2.24) is 5.32 Å². The van der Waals surface area contributed by atoms with Crippen molar-refractivity contribution in [2.24, 2.45) is 5.41 Å². The van der Waals surface area contributed by atoms with Gasteiger partial charge < -0.3 is 19.7 Å². The molecular weight excluding hydrogens is 332 g/mol. The van der Waals surface area contributed by atoms with Crippen LogP contribution >= 0.6 is 0 Å². The molecule has 1 aliphatic carbocycles. The van der Waals surface area contributed by atoms with Crippen LogP contribution in [-0.4, -0.2) is 44.8 Å². The second kappa shape index (κ2) is 5.74. The maximum Gasteiger partial charge on any atom is 0.405 e. The number of carboxylic acid groups (broad SMARTS) is 1. The Bertz CT molecular complexity index is 658. The monoisotopic (exact) mass is 362 g/mol. The lowest BCUT2D eigenvalue weighted by Gasteiger charge is -2.37. The summed E-state index contributed by atoms with van der Waals surface area (Å²) in [6.45, 7) is 13.4. The molecule has 2 N–H and O–H groups in total. The molecule has 2 unspecified atom stereocenters. The van der Waals surface area contributed by atoms with E-state index in [1.807, 2.05) is 18.2 Å². The second-order valence-corrected chi connectivity index (χ2v) is 14.0. The number of hydrogen-bond acceptors (Lipinski definition) is 3. The van der Waals surface area contributed by atoms with Crippen LogP contribution in [-0.2, 0) is 4.43 Å². The van der Waals surface area contributed by atoms with Crippen molar-refractivity contribution in [1.29, 1.82) is 0 Å². The Morgan fingerprint density at radius 1 is 1.28 bits per heavy atom. The van der Waals surface area contributed by atoms with Gasteiger partial charge in [0.25, 0.3) is 0 Å². The van der Waals surface area contributed by atoms with Crippen LogP contribution in [0.25, 0.3) is 0 Å². The molecule has 138 valence electrons. The Labute approximate surface area is 151 Å². The summed E-state index contributed by atoms with van der Waals surface area (Å²) < 4.78 is 6.49. The number of amides is 1. The number of benzene rings is 1. The molecule has 1 aromatic carbocycles. The van der Waals surface area contributed by atoms with Crippen molar-refractivity contribution >= 4 is 20.1 Å². The van der Waals surface area contributed by atoms with Crippen molar-refractivity contribution < 1.29 is 14.3 Å². The number of rotatable bonds is 5. The number of piperidine rings is 1. The molecule has 1 saturated heterocycles. The lowest BCUT2D eigenvalue weighted by atomic mass is 10.1. The van der Waals surface area contributed by atoms with Gasteiger partial charge in [-0.2, -0.15) is 0 Å². The summed E-state index contributed by atoms with van der Waals surface area (Å²) >= 11 is 0. The maximum absolute atomic E-state index is 11.4. The lowest BCUT2D eigenvalue weighted by Crippen LogP contribution is -2.46. The quantitative estimate of drug-likeness (QED) is 0.779. The molecule has 1 saturated carbocycles. The zero-order valence-electron chi connectivity index (χ0n) is 15.9. The Balaban J connectivity index is 1.78. The molecule has 0 radical (unpaired) electrons. The Kier molecular flexibility index (Phi) is 4.19. The first kappa shape index (κ1) is 18.3. The van der Waals surface area contributed by atoms with Gasteiger partial charge in [0.1, 0.15) is 0 Å². The van der Waals surface area contributed by atoms with Crippen LogP contribution in [0.15, 0.2) is 30.3 Å². The van der Waals surface area contributed by atoms with Gasteiger partial charge in [-0.15, -0.1) is 0 Å². The van der Waals surface area contributed by atoms with Crippen molar-refractivity contribution in [2.45, 2.75) is 50.9 Å². The summed E-state index contributed by atoms with van der Waals surface area (Å²) in [4.78, 5) is 13.7. The molecule has 2 atom stereocenters. The summed E-state index contributed by atoms with van der Waals surface area (Å²) in [6, 6.07) is 10.2. The second-order valence-electron chi connectivity index (χ2n) is 9.21.